The number of hydrogen-bond donors (Lipinski definition) is 2. The minimum atomic E-state index is 0.206. The summed E-state index contributed by atoms with van der Waals surface area (Å²) in [6, 6.07) is 7.95. The zero-order chi connectivity index (χ0) is 24.4. The van der Waals surface area contributed by atoms with Gasteiger partial charge in [-0.2, -0.15) is 10.2 Å². The van der Waals surface area contributed by atoms with Crippen LogP contribution in [0.5, 0.6) is 11.5 Å². The predicted molar refractivity (Wildman–Crippen MR) is 127 cm³/mol. The third-order valence-corrected chi connectivity index (χ3v) is 6.36. The summed E-state index contributed by atoms with van der Waals surface area (Å²) in [6.07, 6.45) is 4.17. The second kappa shape index (κ2) is 9.58. The van der Waals surface area contributed by atoms with Gasteiger partial charge in [0.2, 0.25) is 0 Å². The van der Waals surface area contributed by atoms with Crippen LogP contribution in [0.1, 0.15) is 24.1 Å². The van der Waals surface area contributed by atoms with Crippen LogP contribution in [-0.2, 0) is 13.0 Å². The van der Waals surface area contributed by atoms with Crippen LogP contribution in [-0.4, -0.2) is 57.2 Å². The Morgan fingerprint density at radius 2 is 2.06 bits per heavy atom. The molecule has 4 aromatic rings. The number of H-pyrrole nitrogens is 1. The van der Waals surface area contributed by atoms with E-state index >= 15 is 0 Å². The van der Waals surface area contributed by atoms with Gasteiger partial charge in [-0.3, -0.25) is 10.00 Å². The molecule has 0 fully saturated rings. The van der Waals surface area contributed by atoms with E-state index < -0.39 is 0 Å². The first-order chi connectivity index (χ1) is 17.1. The zero-order valence-corrected chi connectivity index (χ0v) is 19.8. The highest BCUT2D eigenvalue weighted by atomic mass is 16.5. The maximum absolute atomic E-state index is 5.52. The first-order valence-corrected chi connectivity index (χ1v) is 11.2. The summed E-state index contributed by atoms with van der Waals surface area (Å²) in [5.41, 5.74) is 3.15. The van der Waals surface area contributed by atoms with Crippen molar-refractivity contribution in [2.75, 3.05) is 27.3 Å². The first-order valence-electron chi connectivity index (χ1n) is 11.2. The quantitative estimate of drug-likeness (QED) is 0.223. The lowest BCUT2D eigenvalue weighted by atomic mass is 9.93. The van der Waals surface area contributed by atoms with E-state index in [0.29, 0.717) is 35.3 Å². The lowest BCUT2D eigenvalue weighted by Crippen LogP contribution is -2.36. The summed E-state index contributed by atoms with van der Waals surface area (Å²) in [6.45, 7) is 4.47. The third-order valence-electron chi connectivity index (χ3n) is 6.36. The van der Waals surface area contributed by atoms with Gasteiger partial charge in [0.15, 0.2) is 34.7 Å². The van der Waals surface area contributed by atoms with Gasteiger partial charge in [-0.15, -0.1) is 5.11 Å². The topological polar surface area (TPSA) is 145 Å². The molecule has 1 aliphatic heterocycles. The van der Waals surface area contributed by atoms with Crippen LogP contribution in [0, 0.1) is 0 Å². The van der Waals surface area contributed by atoms with Crippen LogP contribution in [0.15, 0.2) is 51.5 Å². The second-order valence-corrected chi connectivity index (χ2v) is 8.17. The highest BCUT2D eigenvalue weighted by Gasteiger charge is 2.26. The van der Waals surface area contributed by atoms with E-state index in [4.69, 9.17) is 19.7 Å². The van der Waals surface area contributed by atoms with Crippen LogP contribution < -0.4 is 15.3 Å². The van der Waals surface area contributed by atoms with E-state index in [0.717, 1.165) is 31.0 Å². The standard InChI is InChI=1S/C23H27N9O3/c1-14-16-12-20(34-3)19(33-2)11-15(16)6-7-31(14)8-9-32-23(29-30-24)17(13-25-32)21-26-22(28-27-21)18-5-4-10-35-18/h4-5,10-14H,6-9H2,1-3H3,(H2,24,29)(H,26,27,28). The number of nitrogens with two attached hydrogens (primary N) is 1. The second-order valence-electron chi connectivity index (χ2n) is 8.17. The molecule has 35 heavy (non-hydrogen) atoms. The highest BCUT2D eigenvalue weighted by molar-refractivity contribution is 5.68. The van der Waals surface area contributed by atoms with E-state index in [-0.39, 0.29) is 6.04 Å². The minimum Gasteiger partial charge on any atom is -0.493 e. The Bertz CT molecular complexity index is 1330. The summed E-state index contributed by atoms with van der Waals surface area (Å²) < 4.78 is 18.1. The van der Waals surface area contributed by atoms with E-state index in [1.165, 1.54) is 11.1 Å². The number of nitrogens with zero attached hydrogens (tertiary/aromatic N) is 7. The molecule has 3 aromatic heterocycles. The van der Waals surface area contributed by atoms with Gasteiger partial charge in [0, 0.05) is 19.1 Å². The van der Waals surface area contributed by atoms with Gasteiger partial charge in [-0.05, 0) is 48.7 Å². The molecule has 12 heteroatoms. The van der Waals surface area contributed by atoms with Crippen LogP contribution in [0.2, 0.25) is 0 Å². The number of aromatic amines is 1. The molecular formula is C23H27N9O3. The Morgan fingerprint density at radius 3 is 2.80 bits per heavy atom. The number of methoxy groups -OCH3 is 2. The lowest BCUT2D eigenvalue weighted by Gasteiger charge is -2.35. The van der Waals surface area contributed by atoms with Gasteiger partial charge >= 0.3 is 0 Å². The van der Waals surface area contributed by atoms with Gasteiger partial charge in [0.1, 0.15) is 0 Å². The number of fused-ring (bicyclic) bond motifs is 1. The fraction of sp³-hybridized carbons (Fsp3) is 0.348. The Morgan fingerprint density at radius 1 is 1.23 bits per heavy atom. The molecule has 1 aromatic carbocycles. The molecule has 0 aliphatic carbocycles. The average Bonchev–Trinajstić information content (AvgIpc) is 3.64. The maximum Gasteiger partial charge on any atom is 0.192 e. The van der Waals surface area contributed by atoms with Crippen molar-refractivity contribution >= 4 is 5.82 Å². The van der Waals surface area contributed by atoms with Gasteiger partial charge in [0.05, 0.1) is 38.8 Å². The third kappa shape index (κ3) is 4.23. The molecule has 0 radical (unpaired) electrons. The molecule has 5 rings (SSSR count). The number of rotatable bonds is 8. The molecule has 1 aliphatic rings. The zero-order valence-electron chi connectivity index (χ0n) is 19.8. The molecule has 0 spiro atoms. The van der Waals surface area contributed by atoms with E-state index in [1.54, 1.807) is 43.5 Å². The van der Waals surface area contributed by atoms with Crippen molar-refractivity contribution in [1.82, 2.24) is 29.9 Å². The van der Waals surface area contributed by atoms with Crippen LogP contribution in [0.3, 0.4) is 0 Å². The van der Waals surface area contributed by atoms with Crippen LogP contribution >= 0.6 is 0 Å². The van der Waals surface area contributed by atoms with E-state index in [1.807, 2.05) is 0 Å². The van der Waals surface area contributed by atoms with Crippen LogP contribution in [0.4, 0.5) is 5.82 Å². The number of hydrogen-bond acceptors (Lipinski definition) is 9. The molecule has 1 unspecified atom stereocenters. The molecule has 4 heterocycles. The van der Waals surface area contributed by atoms with E-state index in [2.05, 4.69) is 54.6 Å². The van der Waals surface area contributed by atoms with Crippen molar-refractivity contribution in [3.63, 3.8) is 0 Å². The van der Waals surface area contributed by atoms with Crippen molar-refractivity contribution in [3.05, 3.63) is 47.9 Å². The van der Waals surface area contributed by atoms with Gasteiger partial charge < -0.3 is 19.7 Å². The molecule has 0 saturated heterocycles. The number of aromatic nitrogens is 5. The average molecular weight is 478 g/mol. The maximum atomic E-state index is 5.52. The van der Waals surface area contributed by atoms with Crippen molar-refractivity contribution in [2.24, 2.45) is 16.2 Å². The fourth-order valence-corrected chi connectivity index (χ4v) is 4.49. The summed E-state index contributed by atoms with van der Waals surface area (Å²) in [7, 11) is 3.32. The van der Waals surface area contributed by atoms with Crippen molar-refractivity contribution in [2.45, 2.75) is 25.9 Å². The Kier molecular flexibility index (Phi) is 6.19. The molecule has 12 nitrogen and oxygen atoms in total. The fourth-order valence-electron chi connectivity index (χ4n) is 4.49. The summed E-state index contributed by atoms with van der Waals surface area (Å²) in [5, 5.41) is 19.3. The molecular weight excluding hydrogens is 450 g/mol. The Balaban J connectivity index is 1.35. The Labute approximate surface area is 201 Å². The monoisotopic (exact) mass is 477 g/mol. The lowest BCUT2D eigenvalue weighted by molar-refractivity contribution is 0.188. The summed E-state index contributed by atoms with van der Waals surface area (Å²) in [5.74, 6) is 8.94. The van der Waals surface area contributed by atoms with Gasteiger partial charge in [0.25, 0.3) is 0 Å². The van der Waals surface area contributed by atoms with Gasteiger partial charge in [-0.25, -0.2) is 9.67 Å². The minimum absolute atomic E-state index is 0.206. The molecule has 3 N–H and O–H groups in total. The number of furan rings is 1. The highest BCUT2D eigenvalue weighted by Crippen LogP contribution is 2.38. The molecule has 0 saturated carbocycles. The van der Waals surface area contributed by atoms with Crippen molar-refractivity contribution in [3.8, 4) is 34.5 Å². The first kappa shape index (κ1) is 22.6. The smallest absolute Gasteiger partial charge is 0.192 e. The van der Waals surface area contributed by atoms with Crippen molar-refractivity contribution < 1.29 is 13.9 Å². The number of nitrogens with one attached hydrogen (secondary N) is 1. The largest absolute Gasteiger partial charge is 0.493 e. The van der Waals surface area contributed by atoms with Crippen LogP contribution in [0.25, 0.3) is 23.0 Å². The normalized spacial score (nSPS) is 16.0. The summed E-state index contributed by atoms with van der Waals surface area (Å²) >= 11 is 0. The summed E-state index contributed by atoms with van der Waals surface area (Å²) in [4.78, 5) is 6.91. The van der Waals surface area contributed by atoms with E-state index in [9.17, 15) is 0 Å². The predicted octanol–water partition coefficient (Wildman–Crippen LogP) is 3.52. The molecule has 182 valence electrons. The van der Waals surface area contributed by atoms with Gasteiger partial charge in [-0.1, -0.05) is 5.22 Å². The van der Waals surface area contributed by atoms with Crippen molar-refractivity contribution in [1.29, 1.82) is 0 Å². The molecule has 0 amide bonds. The Hall–Kier alpha value is -4.19. The number of ether oxygens (including phenoxy) is 2. The SMILES string of the molecule is COc1cc2c(cc1OC)C(C)N(CCn1ncc(-c3n[nH]c(-c4ccco4)n3)c1N=NN)CC2. The number of benzene rings is 1. The molecule has 0 bridgehead atoms. The molecule has 1 atom stereocenters.